The Morgan fingerprint density at radius 3 is 2.50 bits per heavy atom. The van der Waals surface area contributed by atoms with E-state index in [1.54, 1.807) is 14.2 Å². The first-order valence-corrected chi connectivity index (χ1v) is 10.4. The van der Waals surface area contributed by atoms with E-state index in [4.69, 9.17) is 9.47 Å². The van der Waals surface area contributed by atoms with Crippen LogP contribution in [0.1, 0.15) is 50.5 Å². The molecule has 1 saturated heterocycles. The lowest BCUT2D eigenvalue weighted by molar-refractivity contribution is -0.130. The highest BCUT2D eigenvalue weighted by Gasteiger charge is 2.37. The fraction of sp³-hybridized carbons (Fsp3) is 0.636. The molecule has 1 unspecified atom stereocenters. The zero-order chi connectivity index (χ0) is 19.9. The third kappa shape index (κ3) is 4.97. The summed E-state index contributed by atoms with van der Waals surface area (Å²) in [7, 11) is 3.22. The van der Waals surface area contributed by atoms with Crippen molar-refractivity contribution < 1.29 is 19.1 Å². The highest BCUT2D eigenvalue weighted by Crippen LogP contribution is 2.29. The number of rotatable bonds is 7. The highest BCUT2D eigenvalue weighted by atomic mass is 16.5. The van der Waals surface area contributed by atoms with Gasteiger partial charge in [0, 0.05) is 25.6 Å². The number of hydrogen-bond donors (Lipinski definition) is 1. The van der Waals surface area contributed by atoms with Crippen LogP contribution in [0.15, 0.2) is 18.2 Å². The molecular formula is C22H32N2O4. The van der Waals surface area contributed by atoms with Crippen LogP contribution in [-0.4, -0.2) is 50.1 Å². The van der Waals surface area contributed by atoms with Gasteiger partial charge in [-0.05, 0) is 37.0 Å². The van der Waals surface area contributed by atoms with Gasteiger partial charge < -0.3 is 19.7 Å². The van der Waals surface area contributed by atoms with Crippen LogP contribution in [0.25, 0.3) is 0 Å². The molecule has 0 spiro atoms. The van der Waals surface area contributed by atoms with Crippen LogP contribution in [0.4, 0.5) is 0 Å². The van der Waals surface area contributed by atoms with Crippen molar-refractivity contribution in [1.29, 1.82) is 0 Å². The van der Waals surface area contributed by atoms with Crippen LogP contribution < -0.4 is 14.8 Å². The molecule has 2 amide bonds. The predicted octanol–water partition coefficient (Wildman–Crippen LogP) is 2.93. The molecule has 28 heavy (non-hydrogen) atoms. The van der Waals surface area contributed by atoms with E-state index >= 15 is 0 Å². The van der Waals surface area contributed by atoms with Crippen molar-refractivity contribution >= 4 is 11.8 Å². The molecular weight excluding hydrogens is 356 g/mol. The largest absolute Gasteiger partial charge is 0.493 e. The summed E-state index contributed by atoms with van der Waals surface area (Å²) in [6.07, 6.45) is 8.13. The number of carbonyl (C=O) groups excluding carboxylic acids is 2. The van der Waals surface area contributed by atoms with E-state index in [2.05, 4.69) is 5.32 Å². The van der Waals surface area contributed by atoms with E-state index in [1.807, 2.05) is 23.1 Å². The minimum Gasteiger partial charge on any atom is -0.493 e. The number of hydrogen-bond acceptors (Lipinski definition) is 4. The smallest absolute Gasteiger partial charge is 0.225 e. The first kappa shape index (κ1) is 20.5. The third-order valence-electron chi connectivity index (χ3n) is 5.96. The maximum Gasteiger partial charge on any atom is 0.225 e. The molecule has 3 rings (SSSR count). The van der Waals surface area contributed by atoms with Crippen LogP contribution in [0.2, 0.25) is 0 Å². The first-order valence-electron chi connectivity index (χ1n) is 10.4. The Bertz CT molecular complexity index is 683. The average molecular weight is 389 g/mol. The summed E-state index contributed by atoms with van der Waals surface area (Å²) in [5, 5.41) is 3.01. The number of nitrogens with one attached hydrogen (secondary N) is 1. The summed E-state index contributed by atoms with van der Waals surface area (Å²) in [4.78, 5) is 27.0. The topological polar surface area (TPSA) is 67.9 Å². The summed E-state index contributed by atoms with van der Waals surface area (Å²) in [6.45, 7) is 1.12. The standard InChI is InChI=1S/C22H32N2O4/c1-27-19-10-9-16(13-20(19)28-2)11-12-23-22(26)17-14-21(25)24(15-17)18-7-5-3-4-6-8-18/h9-10,13,17-18H,3-8,11-12,14-15H2,1-2H3,(H,23,26). The van der Waals surface area contributed by atoms with Crippen LogP contribution in [0, 0.1) is 5.92 Å². The third-order valence-corrected chi connectivity index (χ3v) is 5.96. The van der Waals surface area contributed by atoms with Gasteiger partial charge in [-0.25, -0.2) is 0 Å². The SMILES string of the molecule is COc1ccc(CCNC(=O)C2CC(=O)N(C3CCCCCC3)C2)cc1OC. The Balaban J connectivity index is 1.48. The number of ether oxygens (including phenoxy) is 2. The molecule has 1 aromatic carbocycles. The van der Waals surface area contributed by atoms with Gasteiger partial charge in [0.05, 0.1) is 20.1 Å². The quantitative estimate of drug-likeness (QED) is 0.730. The zero-order valence-corrected chi connectivity index (χ0v) is 17.0. The van der Waals surface area contributed by atoms with Gasteiger partial charge >= 0.3 is 0 Å². The molecule has 1 aliphatic carbocycles. The summed E-state index contributed by atoms with van der Waals surface area (Å²) in [5.74, 6) is 1.29. The van der Waals surface area contributed by atoms with Gasteiger partial charge in [-0.15, -0.1) is 0 Å². The van der Waals surface area contributed by atoms with Crippen LogP contribution in [-0.2, 0) is 16.0 Å². The van der Waals surface area contributed by atoms with Crippen molar-refractivity contribution in [3.8, 4) is 11.5 Å². The molecule has 6 heteroatoms. The van der Waals surface area contributed by atoms with Gasteiger partial charge in [0.15, 0.2) is 11.5 Å². The molecule has 1 aliphatic heterocycles. The molecule has 1 atom stereocenters. The lowest BCUT2D eigenvalue weighted by atomic mass is 10.1. The van der Waals surface area contributed by atoms with Gasteiger partial charge in [-0.2, -0.15) is 0 Å². The molecule has 2 aliphatic rings. The Hall–Kier alpha value is -2.24. The molecule has 1 heterocycles. The second-order valence-electron chi connectivity index (χ2n) is 7.82. The molecule has 1 aromatic rings. The van der Waals surface area contributed by atoms with Crippen molar-refractivity contribution in [3.63, 3.8) is 0 Å². The van der Waals surface area contributed by atoms with Gasteiger partial charge in [0.1, 0.15) is 0 Å². The molecule has 154 valence electrons. The lowest BCUT2D eigenvalue weighted by Gasteiger charge is -2.27. The van der Waals surface area contributed by atoms with Crippen LogP contribution in [0.3, 0.4) is 0 Å². The van der Waals surface area contributed by atoms with E-state index in [-0.39, 0.29) is 17.7 Å². The Morgan fingerprint density at radius 1 is 1.11 bits per heavy atom. The van der Waals surface area contributed by atoms with Gasteiger partial charge in [-0.3, -0.25) is 9.59 Å². The van der Waals surface area contributed by atoms with E-state index in [0.717, 1.165) is 18.4 Å². The summed E-state index contributed by atoms with van der Waals surface area (Å²) in [5.41, 5.74) is 1.07. The number of nitrogens with zero attached hydrogens (tertiary/aromatic N) is 1. The Morgan fingerprint density at radius 2 is 1.82 bits per heavy atom. The molecule has 2 fully saturated rings. The summed E-state index contributed by atoms with van der Waals surface area (Å²) in [6, 6.07) is 6.11. The molecule has 1 N–H and O–H groups in total. The summed E-state index contributed by atoms with van der Waals surface area (Å²) < 4.78 is 10.6. The van der Waals surface area contributed by atoms with Crippen LogP contribution >= 0.6 is 0 Å². The number of benzene rings is 1. The number of likely N-dealkylation sites (tertiary alicyclic amines) is 1. The van der Waals surface area contributed by atoms with E-state index in [9.17, 15) is 9.59 Å². The van der Waals surface area contributed by atoms with Crippen LogP contribution in [0.5, 0.6) is 11.5 Å². The van der Waals surface area contributed by atoms with Crippen molar-refractivity contribution in [2.45, 2.75) is 57.4 Å². The zero-order valence-electron chi connectivity index (χ0n) is 17.0. The Kier molecular flexibility index (Phi) is 7.18. The molecule has 1 saturated carbocycles. The molecule has 6 nitrogen and oxygen atoms in total. The maximum atomic E-state index is 12.6. The van der Waals surface area contributed by atoms with E-state index < -0.39 is 0 Å². The second-order valence-corrected chi connectivity index (χ2v) is 7.82. The molecule has 0 radical (unpaired) electrons. The van der Waals surface area contributed by atoms with E-state index in [1.165, 1.54) is 25.7 Å². The van der Waals surface area contributed by atoms with Crippen molar-refractivity contribution in [2.75, 3.05) is 27.3 Å². The average Bonchev–Trinajstić information content (AvgIpc) is 2.92. The van der Waals surface area contributed by atoms with E-state index in [0.29, 0.717) is 43.5 Å². The first-order chi connectivity index (χ1) is 13.6. The molecule has 0 bridgehead atoms. The van der Waals surface area contributed by atoms with Crippen molar-refractivity contribution in [2.24, 2.45) is 5.92 Å². The lowest BCUT2D eigenvalue weighted by Crippen LogP contribution is -2.38. The normalized spacial score (nSPS) is 20.7. The minimum atomic E-state index is -0.221. The minimum absolute atomic E-state index is 0.00931. The number of carbonyl (C=O) groups is 2. The van der Waals surface area contributed by atoms with Gasteiger partial charge in [-0.1, -0.05) is 31.7 Å². The van der Waals surface area contributed by atoms with Crippen molar-refractivity contribution in [1.82, 2.24) is 10.2 Å². The maximum absolute atomic E-state index is 12.6. The summed E-state index contributed by atoms with van der Waals surface area (Å²) >= 11 is 0. The van der Waals surface area contributed by atoms with Crippen molar-refractivity contribution in [3.05, 3.63) is 23.8 Å². The second kappa shape index (κ2) is 9.80. The highest BCUT2D eigenvalue weighted by molar-refractivity contribution is 5.89. The number of methoxy groups -OCH3 is 2. The predicted molar refractivity (Wildman–Crippen MR) is 108 cm³/mol. The van der Waals surface area contributed by atoms with Gasteiger partial charge in [0.25, 0.3) is 0 Å². The molecule has 0 aromatic heterocycles. The fourth-order valence-corrected chi connectivity index (χ4v) is 4.34. The Labute approximate surface area is 167 Å². The number of amides is 2. The fourth-order valence-electron chi connectivity index (χ4n) is 4.34. The van der Waals surface area contributed by atoms with Gasteiger partial charge in [0.2, 0.25) is 11.8 Å². The monoisotopic (exact) mass is 388 g/mol.